The molecule has 0 aliphatic carbocycles. The molecule has 3 atom stereocenters. The molecule has 10 heteroatoms. The molecule has 45 heavy (non-hydrogen) atoms. The predicted octanol–water partition coefficient (Wildman–Crippen LogP) is 5.72. The largest absolute Gasteiger partial charge is 0.496 e. The third kappa shape index (κ3) is 9.24. The monoisotopic (exact) mass is 613 g/mol. The lowest BCUT2D eigenvalue weighted by Crippen LogP contribution is -2.54. The van der Waals surface area contributed by atoms with Gasteiger partial charge in [0.05, 0.1) is 65.4 Å². The van der Waals surface area contributed by atoms with Crippen molar-refractivity contribution in [2.75, 3.05) is 33.4 Å². The summed E-state index contributed by atoms with van der Waals surface area (Å²) in [4.78, 5) is 21.8. The molecule has 1 aliphatic heterocycles. The molecule has 1 N–H and O–H groups in total. The minimum Gasteiger partial charge on any atom is -0.496 e. The average Bonchev–Trinajstić information content (AvgIpc) is 3.09. The van der Waals surface area contributed by atoms with Crippen molar-refractivity contribution in [2.24, 2.45) is 0 Å². The second-order valence-electron chi connectivity index (χ2n) is 10.8. The minimum absolute atomic E-state index is 0.216. The van der Waals surface area contributed by atoms with Crippen molar-refractivity contribution < 1.29 is 33.6 Å². The molecule has 3 heterocycles. The van der Waals surface area contributed by atoms with Gasteiger partial charge in [-0.3, -0.25) is 9.97 Å². The topological polar surface area (TPSA) is 112 Å². The van der Waals surface area contributed by atoms with E-state index in [4.69, 9.17) is 23.7 Å². The van der Waals surface area contributed by atoms with E-state index in [1.54, 1.807) is 31.9 Å². The summed E-state index contributed by atoms with van der Waals surface area (Å²) in [6.45, 7) is 2.60. The van der Waals surface area contributed by atoms with Crippen LogP contribution in [0, 0.1) is 0 Å². The highest BCUT2D eigenvalue weighted by Crippen LogP contribution is 2.35. The Morgan fingerprint density at radius 1 is 0.822 bits per heavy atom. The molecule has 4 aromatic rings. The number of methoxy groups -OCH3 is 1. The standard InChI is InChI=1S/C35H39N3O7/c1-41-31-10-3-2-9-29(31)25-42-17-6-18-43-30-13-11-28(12-14-30)34-32(44-23-26-7-4-15-36-19-26)21-38(35(39)40)22-33(34)45-24-27-8-5-16-37-20-27/h2-5,7-16,19-20,32-34H,6,17-18,21-25H2,1H3,(H,39,40)/t32-,33+,34-. The molecule has 5 rings (SSSR count). The van der Waals surface area contributed by atoms with Gasteiger partial charge >= 0.3 is 6.09 Å². The van der Waals surface area contributed by atoms with Crippen LogP contribution in [0.5, 0.6) is 11.5 Å². The number of benzene rings is 2. The van der Waals surface area contributed by atoms with Crippen LogP contribution in [0.1, 0.15) is 34.6 Å². The van der Waals surface area contributed by atoms with Crippen molar-refractivity contribution in [2.45, 2.75) is 44.4 Å². The van der Waals surface area contributed by atoms with E-state index in [0.29, 0.717) is 33.0 Å². The van der Waals surface area contributed by atoms with Crippen molar-refractivity contribution in [3.8, 4) is 11.5 Å². The molecule has 10 nitrogen and oxygen atoms in total. The Balaban J connectivity index is 1.23. The normalized spacial score (nSPS) is 18.0. The van der Waals surface area contributed by atoms with Gasteiger partial charge in [-0.05, 0) is 47.0 Å². The summed E-state index contributed by atoms with van der Waals surface area (Å²) in [6.07, 6.45) is 5.76. The second-order valence-corrected chi connectivity index (χ2v) is 10.8. The van der Waals surface area contributed by atoms with E-state index in [1.165, 1.54) is 4.90 Å². The number of carbonyl (C=O) groups is 1. The Labute approximate surface area is 263 Å². The number of likely N-dealkylation sites (tertiary alicyclic amines) is 1. The van der Waals surface area contributed by atoms with E-state index in [2.05, 4.69) is 9.97 Å². The fourth-order valence-corrected chi connectivity index (χ4v) is 5.39. The number of para-hydroxylation sites is 1. The zero-order valence-corrected chi connectivity index (χ0v) is 25.4. The first kappa shape index (κ1) is 31.9. The van der Waals surface area contributed by atoms with Crippen molar-refractivity contribution in [3.05, 3.63) is 120 Å². The molecule has 0 radical (unpaired) electrons. The van der Waals surface area contributed by atoms with Gasteiger partial charge in [0.25, 0.3) is 0 Å². The summed E-state index contributed by atoms with van der Waals surface area (Å²) < 4.78 is 30.0. The maximum absolute atomic E-state index is 12.1. The van der Waals surface area contributed by atoms with Gasteiger partial charge in [0.1, 0.15) is 11.5 Å². The summed E-state index contributed by atoms with van der Waals surface area (Å²) in [5.41, 5.74) is 3.82. The molecule has 0 unspecified atom stereocenters. The molecule has 0 bridgehead atoms. The van der Waals surface area contributed by atoms with Gasteiger partial charge in [0.2, 0.25) is 0 Å². The molecule has 0 saturated carbocycles. The Morgan fingerprint density at radius 3 is 2.04 bits per heavy atom. The Kier molecular flexibility index (Phi) is 11.7. The number of rotatable bonds is 15. The highest BCUT2D eigenvalue weighted by Gasteiger charge is 2.41. The fourth-order valence-electron chi connectivity index (χ4n) is 5.39. The van der Waals surface area contributed by atoms with Crippen LogP contribution < -0.4 is 9.47 Å². The van der Waals surface area contributed by atoms with Crippen LogP contribution in [0.2, 0.25) is 0 Å². The maximum atomic E-state index is 12.1. The van der Waals surface area contributed by atoms with Crippen molar-refractivity contribution in [3.63, 3.8) is 0 Å². The highest BCUT2D eigenvalue weighted by atomic mass is 16.5. The third-order valence-electron chi connectivity index (χ3n) is 7.66. The SMILES string of the molecule is COc1ccccc1COCCCOc1ccc([C@H]2[C@@H](OCc3cccnc3)CN(C(=O)O)C[C@H]2OCc2cccnc2)cc1. The summed E-state index contributed by atoms with van der Waals surface area (Å²) in [7, 11) is 1.65. The van der Waals surface area contributed by atoms with E-state index >= 15 is 0 Å². The molecule has 1 fully saturated rings. The van der Waals surface area contributed by atoms with Gasteiger partial charge in [0.15, 0.2) is 0 Å². The molecule has 2 aromatic heterocycles. The lowest BCUT2D eigenvalue weighted by Gasteiger charge is -2.42. The summed E-state index contributed by atoms with van der Waals surface area (Å²) in [5.74, 6) is 1.34. The first-order valence-electron chi connectivity index (χ1n) is 15.0. The van der Waals surface area contributed by atoms with E-state index in [1.807, 2.05) is 72.8 Å². The van der Waals surface area contributed by atoms with E-state index in [-0.39, 0.29) is 19.0 Å². The van der Waals surface area contributed by atoms with Gasteiger partial charge in [-0.25, -0.2) is 4.79 Å². The van der Waals surface area contributed by atoms with Gasteiger partial charge in [0, 0.05) is 42.7 Å². The number of hydrogen-bond donors (Lipinski definition) is 1. The van der Waals surface area contributed by atoms with E-state index < -0.39 is 18.3 Å². The first-order chi connectivity index (χ1) is 22.1. The molecule has 0 spiro atoms. The van der Waals surface area contributed by atoms with Gasteiger partial charge in [-0.1, -0.05) is 42.5 Å². The number of amides is 1. The molecular weight excluding hydrogens is 574 g/mol. The molecule has 1 aliphatic rings. The number of piperidine rings is 1. The van der Waals surface area contributed by atoms with Gasteiger partial charge in [-0.15, -0.1) is 0 Å². The number of carboxylic acid groups (broad SMARTS) is 1. The Hall–Kier alpha value is -4.51. The third-order valence-corrected chi connectivity index (χ3v) is 7.66. The molecule has 1 saturated heterocycles. The Morgan fingerprint density at radius 2 is 1.47 bits per heavy atom. The zero-order chi connectivity index (χ0) is 31.3. The summed E-state index contributed by atoms with van der Waals surface area (Å²) >= 11 is 0. The lowest BCUT2D eigenvalue weighted by molar-refractivity contribution is -0.0937. The quantitative estimate of drug-likeness (QED) is 0.168. The lowest BCUT2D eigenvalue weighted by atomic mass is 9.84. The smallest absolute Gasteiger partial charge is 0.407 e. The maximum Gasteiger partial charge on any atom is 0.407 e. The van der Waals surface area contributed by atoms with Crippen LogP contribution in [0.25, 0.3) is 0 Å². The molecule has 2 aromatic carbocycles. The first-order valence-corrected chi connectivity index (χ1v) is 15.0. The summed E-state index contributed by atoms with van der Waals surface area (Å²) in [6, 6.07) is 23.3. The van der Waals surface area contributed by atoms with Crippen LogP contribution in [0.4, 0.5) is 4.79 Å². The zero-order valence-electron chi connectivity index (χ0n) is 25.4. The fraction of sp³-hybridized carbons (Fsp3) is 0.343. The second kappa shape index (κ2) is 16.5. The van der Waals surface area contributed by atoms with Crippen LogP contribution in [-0.4, -0.2) is 71.7 Å². The average molecular weight is 614 g/mol. The number of hydrogen-bond acceptors (Lipinski definition) is 8. The van der Waals surface area contributed by atoms with Crippen LogP contribution in [0.3, 0.4) is 0 Å². The van der Waals surface area contributed by atoms with Gasteiger partial charge < -0.3 is 33.7 Å². The molecular formula is C35H39N3O7. The molecule has 1 amide bonds. The van der Waals surface area contributed by atoms with E-state index in [9.17, 15) is 9.90 Å². The minimum atomic E-state index is -1.01. The van der Waals surface area contributed by atoms with E-state index in [0.717, 1.165) is 40.2 Å². The number of nitrogens with zero attached hydrogens (tertiary/aromatic N) is 3. The van der Waals surface area contributed by atoms with Gasteiger partial charge in [-0.2, -0.15) is 0 Å². The number of aromatic nitrogens is 2. The highest BCUT2D eigenvalue weighted by molar-refractivity contribution is 5.65. The number of ether oxygens (including phenoxy) is 5. The van der Waals surface area contributed by atoms with Crippen molar-refractivity contribution >= 4 is 6.09 Å². The van der Waals surface area contributed by atoms with Crippen LogP contribution >= 0.6 is 0 Å². The van der Waals surface area contributed by atoms with Crippen LogP contribution in [0.15, 0.2) is 97.6 Å². The molecule has 236 valence electrons. The predicted molar refractivity (Wildman–Crippen MR) is 167 cm³/mol. The summed E-state index contributed by atoms with van der Waals surface area (Å²) in [5, 5.41) is 9.92. The van der Waals surface area contributed by atoms with Crippen molar-refractivity contribution in [1.29, 1.82) is 0 Å². The number of pyridine rings is 2. The van der Waals surface area contributed by atoms with Crippen molar-refractivity contribution in [1.82, 2.24) is 14.9 Å². The Bertz CT molecular complexity index is 1400. The van der Waals surface area contributed by atoms with Crippen LogP contribution in [-0.2, 0) is 34.0 Å².